The van der Waals surface area contributed by atoms with Gasteiger partial charge >= 0.3 is 0 Å². The maximum atomic E-state index is 11.9. The molecule has 0 saturated carbocycles. The van der Waals surface area contributed by atoms with E-state index in [0.29, 0.717) is 30.4 Å². The zero-order valence-electron chi connectivity index (χ0n) is 10.5. The number of aromatic amines is 1. The zero-order valence-corrected chi connectivity index (χ0v) is 10.5. The van der Waals surface area contributed by atoms with Crippen molar-refractivity contribution in [1.29, 1.82) is 0 Å². The second-order valence-electron chi connectivity index (χ2n) is 4.21. The lowest BCUT2D eigenvalue weighted by Crippen LogP contribution is -2.14. The molecule has 1 aromatic heterocycles. The minimum Gasteiger partial charge on any atom is -0.490 e. The molecule has 0 saturated heterocycles. The molecule has 0 spiro atoms. The molecule has 0 atom stereocenters. The van der Waals surface area contributed by atoms with E-state index < -0.39 is 5.91 Å². The third-order valence-corrected chi connectivity index (χ3v) is 2.72. The summed E-state index contributed by atoms with van der Waals surface area (Å²) in [6.45, 7) is 1.21. The maximum Gasteiger partial charge on any atom is 0.293 e. The fourth-order valence-corrected chi connectivity index (χ4v) is 1.81. The Kier molecular flexibility index (Phi) is 3.12. The average molecular weight is 275 g/mol. The minimum absolute atomic E-state index is 0.0220. The van der Waals surface area contributed by atoms with Crippen molar-refractivity contribution in [3.05, 3.63) is 24.0 Å². The van der Waals surface area contributed by atoms with E-state index in [4.69, 9.17) is 15.2 Å². The summed E-state index contributed by atoms with van der Waals surface area (Å²) in [5, 5.41) is 8.72. The number of anilines is 2. The van der Waals surface area contributed by atoms with Gasteiger partial charge in [0.1, 0.15) is 0 Å². The van der Waals surface area contributed by atoms with Crippen LogP contribution in [0.3, 0.4) is 0 Å². The van der Waals surface area contributed by atoms with Crippen LogP contribution in [0.1, 0.15) is 17.0 Å². The summed E-state index contributed by atoms with van der Waals surface area (Å²) in [4.78, 5) is 15.6. The van der Waals surface area contributed by atoms with E-state index in [-0.39, 0.29) is 11.8 Å². The predicted molar refractivity (Wildman–Crippen MR) is 70.8 cm³/mol. The van der Waals surface area contributed by atoms with E-state index in [1.165, 1.54) is 0 Å². The first-order chi connectivity index (χ1) is 9.72. The molecule has 2 heterocycles. The van der Waals surface area contributed by atoms with Gasteiger partial charge in [0.05, 0.1) is 13.2 Å². The van der Waals surface area contributed by atoms with E-state index in [2.05, 4.69) is 20.5 Å². The van der Waals surface area contributed by atoms with E-state index >= 15 is 0 Å². The lowest BCUT2D eigenvalue weighted by atomic mass is 10.2. The van der Waals surface area contributed by atoms with Gasteiger partial charge < -0.3 is 20.5 Å². The van der Waals surface area contributed by atoms with Gasteiger partial charge in [-0.3, -0.25) is 9.89 Å². The number of H-pyrrole nitrogens is 1. The molecule has 4 N–H and O–H groups in total. The second kappa shape index (κ2) is 5.08. The summed E-state index contributed by atoms with van der Waals surface area (Å²) in [5.74, 6) is 0.925. The van der Waals surface area contributed by atoms with Crippen LogP contribution in [0.2, 0.25) is 0 Å². The molecule has 1 aliphatic heterocycles. The number of benzene rings is 1. The summed E-state index contributed by atoms with van der Waals surface area (Å²) in [7, 11) is 0. The molecule has 2 aromatic rings. The molecule has 8 nitrogen and oxygen atoms in total. The highest BCUT2D eigenvalue weighted by Crippen LogP contribution is 2.32. The number of nitrogens with two attached hydrogens (primary N) is 1. The smallest absolute Gasteiger partial charge is 0.293 e. The van der Waals surface area contributed by atoms with Crippen LogP contribution in [-0.4, -0.2) is 34.3 Å². The molecule has 1 aliphatic rings. The average Bonchev–Trinajstić information content (AvgIpc) is 2.74. The van der Waals surface area contributed by atoms with E-state index in [0.717, 1.165) is 6.42 Å². The number of ether oxygens (including phenoxy) is 2. The van der Waals surface area contributed by atoms with Crippen LogP contribution in [0.15, 0.2) is 18.2 Å². The maximum absolute atomic E-state index is 11.9. The van der Waals surface area contributed by atoms with Gasteiger partial charge in [-0.05, 0) is 12.1 Å². The van der Waals surface area contributed by atoms with E-state index in [9.17, 15) is 4.79 Å². The van der Waals surface area contributed by atoms with E-state index in [1.807, 2.05) is 0 Å². The molecule has 0 unspecified atom stereocenters. The molecule has 8 heteroatoms. The number of carbonyl (C=O) groups excluding carboxylic acids is 1. The lowest BCUT2D eigenvalue weighted by molar-refractivity contribution is 0.101. The van der Waals surface area contributed by atoms with Gasteiger partial charge in [-0.25, -0.2) is 0 Å². The van der Waals surface area contributed by atoms with Crippen LogP contribution in [0.5, 0.6) is 11.5 Å². The Morgan fingerprint density at radius 1 is 1.30 bits per heavy atom. The van der Waals surface area contributed by atoms with Crippen molar-refractivity contribution in [3.8, 4) is 11.5 Å². The Morgan fingerprint density at radius 2 is 2.10 bits per heavy atom. The number of nitrogen functional groups attached to an aromatic ring is 1. The summed E-state index contributed by atoms with van der Waals surface area (Å²) >= 11 is 0. The van der Waals surface area contributed by atoms with Crippen molar-refractivity contribution in [3.63, 3.8) is 0 Å². The van der Waals surface area contributed by atoms with Crippen LogP contribution in [0, 0.1) is 0 Å². The van der Waals surface area contributed by atoms with Crippen molar-refractivity contribution in [2.24, 2.45) is 0 Å². The van der Waals surface area contributed by atoms with Crippen molar-refractivity contribution in [2.45, 2.75) is 6.42 Å². The van der Waals surface area contributed by atoms with E-state index in [1.54, 1.807) is 18.2 Å². The first-order valence-electron chi connectivity index (χ1n) is 6.11. The van der Waals surface area contributed by atoms with Crippen LogP contribution in [0.4, 0.5) is 11.6 Å². The van der Waals surface area contributed by atoms with Gasteiger partial charge in [0.15, 0.2) is 11.5 Å². The monoisotopic (exact) mass is 275 g/mol. The molecule has 0 fully saturated rings. The number of rotatable bonds is 2. The number of hydrogen-bond donors (Lipinski definition) is 3. The largest absolute Gasteiger partial charge is 0.490 e. The fraction of sp³-hybridized carbons (Fsp3) is 0.250. The number of nitrogens with zero attached hydrogens (tertiary/aromatic N) is 2. The van der Waals surface area contributed by atoms with Crippen LogP contribution >= 0.6 is 0 Å². The van der Waals surface area contributed by atoms with Crippen molar-refractivity contribution in [2.75, 3.05) is 24.3 Å². The van der Waals surface area contributed by atoms with Gasteiger partial charge in [0, 0.05) is 18.2 Å². The second-order valence-corrected chi connectivity index (χ2v) is 4.21. The number of fused-ring (bicyclic) bond motifs is 1. The first-order valence-corrected chi connectivity index (χ1v) is 6.11. The Balaban J connectivity index is 1.77. The van der Waals surface area contributed by atoms with Gasteiger partial charge in [-0.2, -0.15) is 4.98 Å². The standard InChI is InChI=1S/C12H13N5O3/c13-12-15-10(16-17-12)11(18)14-7-2-3-8-9(6-7)20-5-1-4-19-8/h2-3,6H,1,4-5H2,(H,14,18)(H3,13,15,16,17). The predicted octanol–water partition coefficient (Wildman–Crippen LogP) is 0.800. The SMILES string of the molecule is Nc1n[nH]c(C(=O)Nc2ccc3c(c2)OCCCO3)n1. The normalized spacial score (nSPS) is 13.6. The summed E-state index contributed by atoms with van der Waals surface area (Å²) in [5.41, 5.74) is 5.93. The number of amides is 1. The summed E-state index contributed by atoms with van der Waals surface area (Å²) in [6.07, 6.45) is 0.827. The van der Waals surface area contributed by atoms with Crippen molar-refractivity contribution in [1.82, 2.24) is 15.2 Å². The number of nitrogens with one attached hydrogen (secondary N) is 2. The number of carbonyl (C=O) groups is 1. The van der Waals surface area contributed by atoms with Crippen LogP contribution in [-0.2, 0) is 0 Å². The lowest BCUT2D eigenvalue weighted by Gasteiger charge is -2.09. The zero-order chi connectivity index (χ0) is 13.9. The molecule has 1 aromatic carbocycles. The first kappa shape index (κ1) is 12.3. The third kappa shape index (κ3) is 2.48. The molecule has 1 amide bonds. The van der Waals surface area contributed by atoms with Gasteiger partial charge in [-0.1, -0.05) is 0 Å². The molecular formula is C12H13N5O3. The number of aromatic nitrogens is 3. The Bertz CT molecular complexity index is 640. The van der Waals surface area contributed by atoms with Gasteiger partial charge in [-0.15, -0.1) is 5.10 Å². The van der Waals surface area contributed by atoms with Crippen LogP contribution < -0.4 is 20.5 Å². The third-order valence-electron chi connectivity index (χ3n) is 2.72. The highest BCUT2D eigenvalue weighted by Gasteiger charge is 2.14. The minimum atomic E-state index is -0.427. The Labute approximate surface area is 114 Å². The molecule has 0 radical (unpaired) electrons. The highest BCUT2D eigenvalue weighted by molar-refractivity contribution is 6.01. The molecule has 20 heavy (non-hydrogen) atoms. The van der Waals surface area contributed by atoms with Crippen LogP contribution in [0.25, 0.3) is 0 Å². The highest BCUT2D eigenvalue weighted by atomic mass is 16.5. The van der Waals surface area contributed by atoms with Crippen molar-refractivity contribution >= 4 is 17.5 Å². The van der Waals surface area contributed by atoms with Crippen molar-refractivity contribution < 1.29 is 14.3 Å². The molecule has 0 bridgehead atoms. The Morgan fingerprint density at radius 3 is 2.85 bits per heavy atom. The summed E-state index contributed by atoms with van der Waals surface area (Å²) in [6, 6.07) is 5.19. The topological polar surface area (TPSA) is 115 Å². The fourth-order valence-electron chi connectivity index (χ4n) is 1.81. The van der Waals surface area contributed by atoms with Gasteiger partial charge in [0.2, 0.25) is 11.8 Å². The summed E-state index contributed by atoms with van der Waals surface area (Å²) < 4.78 is 11.1. The molecule has 3 rings (SSSR count). The quantitative estimate of drug-likeness (QED) is 0.746. The Hall–Kier alpha value is -2.77. The molecular weight excluding hydrogens is 262 g/mol. The molecule has 104 valence electrons. The van der Waals surface area contributed by atoms with Gasteiger partial charge in [0.25, 0.3) is 5.91 Å². The molecule has 0 aliphatic carbocycles. The number of hydrogen-bond acceptors (Lipinski definition) is 6.